The SMILES string of the molecule is C1=CC1.C1=CC1.C1=CC1.C1CC1.C1CC1.C1CC1.C1CC1.C1CC1.C1CC1.C1CC1.C1CC1.C1CC1.C1CC1.[2H]B=O. The van der Waals surface area contributed by atoms with Crippen LogP contribution in [0.25, 0.3) is 0 Å². The molecule has 0 N–H and O–H groups in total. The molecule has 0 heterocycles. The van der Waals surface area contributed by atoms with Crippen molar-refractivity contribution in [3.8, 4) is 0 Å². The van der Waals surface area contributed by atoms with Gasteiger partial charge in [-0.15, -0.1) is 0 Å². The molecule has 0 radical (unpaired) electrons. The average Bonchev–Trinajstić information content (AvgIpc) is 3.93. The summed E-state index contributed by atoms with van der Waals surface area (Å²) in [5.74, 6) is 0. The third-order valence-electron chi connectivity index (χ3n) is 4.24. The van der Waals surface area contributed by atoms with Gasteiger partial charge in [-0.2, -0.15) is 0 Å². The maximum atomic E-state index is 8.47. The van der Waals surface area contributed by atoms with Gasteiger partial charge in [-0.05, 0) is 19.3 Å². The summed E-state index contributed by atoms with van der Waals surface area (Å²) in [5, 5.41) is 0. The second-order valence-electron chi connectivity index (χ2n) is 12.7. The van der Waals surface area contributed by atoms with Crippen molar-refractivity contribution in [1.29, 1.82) is 1.34 Å². The van der Waals surface area contributed by atoms with E-state index in [0.29, 0.717) is 0 Å². The van der Waals surface area contributed by atoms with Crippen molar-refractivity contribution in [2.24, 2.45) is 0 Å². The Hall–Kier alpha value is -0.915. The van der Waals surface area contributed by atoms with E-state index in [1.54, 1.807) is 0 Å². The Labute approximate surface area is 261 Å². The molecule has 10 fully saturated rings. The molecule has 238 valence electrons. The number of allylic oxidation sites excluding steroid dienone is 6. The summed E-state index contributed by atoms with van der Waals surface area (Å²) in [5.41, 5.74) is 0. The zero-order valence-electron chi connectivity index (χ0n) is 28.8. The van der Waals surface area contributed by atoms with Gasteiger partial charge in [0.2, 0.25) is 0 Å². The first kappa shape index (κ1) is 38.1. The molecule has 0 saturated heterocycles. The van der Waals surface area contributed by atoms with Crippen molar-refractivity contribution in [3.63, 3.8) is 0 Å². The molecule has 13 rings (SSSR count). The van der Waals surface area contributed by atoms with Crippen molar-refractivity contribution < 1.29 is 4.70 Å². The molecule has 13 aliphatic rings. The van der Waals surface area contributed by atoms with Crippen molar-refractivity contribution in [3.05, 3.63) is 36.5 Å². The molecule has 2 heteroatoms. The van der Waals surface area contributed by atoms with Crippen LogP contribution in [-0.4, -0.2) is 9.02 Å². The van der Waals surface area contributed by atoms with Crippen LogP contribution in [0.5, 0.6) is 0 Å². The van der Waals surface area contributed by atoms with Crippen LogP contribution in [0.15, 0.2) is 36.5 Å². The molecule has 0 atom stereocenters. The Morgan fingerprint density at radius 2 is 0.317 bits per heavy atom. The van der Waals surface area contributed by atoms with Crippen LogP contribution < -0.4 is 0 Å². The molecule has 10 saturated carbocycles. The Kier molecular flexibility index (Phi) is 36.3. The molecular formula is C39H73BO. The van der Waals surface area contributed by atoms with E-state index in [1.165, 1.54) is 212 Å². The van der Waals surface area contributed by atoms with Crippen LogP contribution in [0.3, 0.4) is 0 Å². The van der Waals surface area contributed by atoms with Gasteiger partial charge in [-0.25, -0.2) is 0 Å². The predicted octanol–water partition coefficient (Wildman–Crippen LogP) is 13.8. The Morgan fingerprint density at radius 3 is 0.317 bits per heavy atom. The third-order valence-corrected chi connectivity index (χ3v) is 4.24. The van der Waals surface area contributed by atoms with E-state index in [9.17, 15) is 0 Å². The average molecular weight is 570 g/mol. The molecule has 0 aromatic rings. The van der Waals surface area contributed by atoms with Crippen LogP contribution in [0.4, 0.5) is 0 Å². The van der Waals surface area contributed by atoms with Crippen molar-refractivity contribution in [2.75, 3.05) is 0 Å². The quantitative estimate of drug-likeness (QED) is 0.209. The van der Waals surface area contributed by atoms with Crippen molar-refractivity contribution in [2.45, 2.75) is 212 Å². The van der Waals surface area contributed by atoms with Crippen LogP contribution in [-0.2, 0) is 4.70 Å². The van der Waals surface area contributed by atoms with Gasteiger partial charge in [-0.3, -0.25) is 0 Å². The van der Waals surface area contributed by atoms with Gasteiger partial charge in [-0.1, -0.05) is 229 Å². The summed E-state index contributed by atoms with van der Waals surface area (Å²) in [7, 11) is 0. The first-order valence-corrected chi connectivity index (χ1v) is 18.7. The van der Waals surface area contributed by atoms with Gasteiger partial charge < -0.3 is 0 Å². The minimum atomic E-state index is 0. The summed E-state index contributed by atoms with van der Waals surface area (Å²) < 4.78 is 14.0. The predicted molar refractivity (Wildman–Crippen MR) is 188 cm³/mol. The summed E-state index contributed by atoms with van der Waals surface area (Å²) in [4.78, 5) is 0. The zero-order valence-corrected chi connectivity index (χ0v) is 27.8. The van der Waals surface area contributed by atoms with E-state index >= 15 is 0 Å². The van der Waals surface area contributed by atoms with E-state index in [1.807, 2.05) is 0 Å². The van der Waals surface area contributed by atoms with E-state index in [2.05, 4.69) is 36.5 Å². The molecule has 0 bridgehead atoms. The summed E-state index contributed by atoms with van der Waals surface area (Å²) in [6.45, 7) is 0. The first-order valence-electron chi connectivity index (χ1n) is 19.3. The molecule has 0 aromatic carbocycles. The summed E-state index contributed by atoms with van der Waals surface area (Å²) in [6.07, 6.45) is 61.5. The van der Waals surface area contributed by atoms with Gasteiger partial charge in [0.1, 0.15) is 0 Å². The minimum absolute atomic E-state index is 0. The molecule has 0 unspecified atom stereocenters. The maximum absolute atomic E-state index is 8.47. The molecular weight excluding hydrogens is 495 g/mol. The second-order valence-corrected chi connectivity index (χ2v) is 12.7. The standard InChI is InChI=1S/10C3H6.3C3H4.BHO/c13*1-2-3-1;1-2/h10*1-3H2;3*1-2H,3H2;1H/i;;;;;;;;;;;;;1D. The second kappa shape index (κ2) is 39.1. The van der Waals surface area contributed by atoms with Gasteiger partial charge >= 0.3 is 13.7 Å². The van der Waals surface area contributed by atoms with E-state index < -0.39 is 0 Å². The number of rotatable bonds is 0. The van der Waals surface area contributed by atoms with Crippen LogP contribution in [0, 0.1) is 0 Å². The van der Waals surface area contributed by atoms with Crippen molar-refractivity contribution in [1.82, 2.24) is 0 Å². The van der Waals surface area contributed by atoms with E-state index in [4.69, 9.17) is 6.04 Å². The van der Waals surface area contributed by atoms with E-state index in [-0.39, 0.29) is 7.68 Å². The molecule has 41 heavy (non-hydrogen) atoms. The van der Waals surface area contributed by atoms with Crippen LogP contribution in [0.1, 0.15) is 212 Å². The Morgan fingerprint density at radius 1 is 0.268 bits per heavy atom. The molecule has 0 aromatic heterocycles. The summed E-state index contributed by atoms with van der Waals surface area (Å²) in [6, 6.07) is 0. The topological polar surface area (TPSA) is 17.1 Å². The van der Waals surface area contributed by atoms with Crippen LogP contribution >= 0.6 is 0 Å². The monoisotopic (exact) mass is 570 g/mol. The number of hydrogen-bond donors (Lipinski definition) is 0. The normalized spacial score (nSPS) is 21.9. The fourth-order valence-corrected chi connectivity index (χ4v) is 0. The fraction of sp³-hybridized carbons (Fsp3) is 0.846. The van der Waals surface area contributed by atoms with Gasteiger partial charge in [0.05, 0.1) is 0 Å². The molecule has 1 nitrogen and oxygen atoms in total. The first-order chi connectivity index (χ1) is 20.9. The van der Waals surface area contributed by atoms with Gasteiger partial charge in [0.15, 0.2) is 0 Å². The molecule has 0 amide bonds. The number of hydrogen-bond acceptors (Lipinski definition) is 1. The van der Waals surface area contributed by atoms with Gasteiger partial charge in [0, 0.05) is 0 Å². The zero-order chi connectivity index (χ0) is 30.3. The Balaban J connectivity index is 0.000000431. The van der Waals surface area contributed by atoms with Crippen LogP contribution in [0.2, 0.25) is 0 Å². The molecule has 0 aliphatic heterocycles. The van der Waals surface area contributed by atoms with E-state index in [0.717, 1.165) is 0 Å². The summed E-state index contributed by atoms with van der Waals surface area (Å²) >= 11 is 0. The van der Waals surface area contributed by atoms with Gasteiger partial charge in [0.25, 0.3) is 0 Å². The molecule has 13 aliphatic carbocycles. The van der Waals surface area contributed by atoms with Crippen molar-refractivity contribution >= 4 is 7.68 Å². The fourth-order valence-electron chi connectivity index (χ4n) is 0. The third kappa shape index (κ3) is 368. The molecule has 0 spiro atoms. The Bertz CT molecular complexity index is 397.